The molecule has 0 saturated carbocycles. The summed E-state index contributed by atoms with van der Waals surface area (Å²) in [6.07, 6.45) is 0. The molecule has 1 aliphatic rings. The third kappa shape index (κ3) is 4.60. The molecule has 2 N–H and O–H groups in total. The molecule has 1 saturated heterocycles. The van der Waals surface area contributed by atoms with Gasteiger partial charge in [0.1, 0.15) is 0 Å². The van der Waals surface area contributed by atoms with Gasteiger partial charge >= 0.3 is 0 Å². The van der Waals surface area contributed by atoms with Crippen LogP contribution in [0.4, 0.5) is 0 Å². The van der Waals surface area contributed by atoms with E-state index in [1.54, 1.807) is 0 Å². The van der Waals surface area contributed by atoms with Crippen molar-refractivity contribution in [3.63, 3.8) is 0 Å². The lowest BCUT2D eigenvalue weighted by Gasteiger charge is -2.27. The first-order chi connectivity index (χ1) is 9.05. The zero-order chi connectivity index (χ0) is 13.7. The van der Waals surface area contributed by atoms with Crippen LogP contribution in [0.15, 0.2) is 24.3 Å². The molecule has 3 heteroatoms. The van der Waals surface area contributed by atoms with Gasteiger partial charge in [-0.2, -0.15) is 0 Å². The molecule has 1 fully saturated rings. The van der Waals surface area contributed by atoms with E-state index >= 15 is 0 Å². The van der Waals surface area contributed by atoms with Crippen LogP contribution in [-0.2, 0) is 12.0 Å². The highest BCUT2D eigenvalue weighted by molar-refractivity contribution is 5.27. The Morgan fingerprint density at radius 2 is 1.74 bits per heavy atom. The lowest BCUT2D eigenvalue weighted by molar-refractivity contribution is 0.223. The number of hydrogen-bond donors (Lipinski definition) is 2. The van der Waals surface area contributed by atoms with Gasteiger partial charge < -0.3 is 10.6 Å². The Morgan fingerprint density at radius 1 is 1.11 bits per heavy atom. The molecule has 1 aromatic carbocycles. The van der Waals surface area contributed by atoms with E-state index in [0.717, 1.165) is 39.4 Å². The maximum Gasteiger partial charge on any atom is 0.0484 e. The summed E-state index contributed by atoms with van der Waals surface area (Å²) in [6, 6.07) is 8.99. The third-order valence-corrected chi connectivity index (χ3v) is 3.69. The van der Waals surface area contributed by atoms with Crippen molar-refractivity contribution in [3.8, 4) is 0 Å². The summed E-state index contributed by atoms with van der Waals surface area (Å²) in [5.41, 5.74) is 3.01. The van der Waals surface area contributed by atoms with E-state index in [1.807, 2.05) is 0 Å². The molecule has 0 atom stereocenters. The zero-order valence-corrected chi connectivity index (χ0v) is 12.5. The molecule has 0 unspecified atom stereocenters. The molecular formula is C16H27N3. The summed E-state index contributed by atoms with van der Waals surface area (Å²) in [7, 11) is 0. The first-order valence-corrected chi connectivity index (χ1v) is 7.29. The van der Waals surface area contributed by atoms with E-state index in [4.69, 9.17) is 0 Å². The molecule has 3 nitrogen and oxygen atoms in total. The van der Waals surface area contributed by atoms with Crippen LogP contribution in [0.3, 0.4) is 0 Å². The minimum Gasteiger partial charge on any atom is -0.314 e. The molecule has 106 valence electrons. The van der Waals surface area contributed by atoms with E-state index in [2.05, 4.69) is 60.6 Å². The Hall–Kier alpha value is -0.900. The SMILES string of the molecule is CC(C)(C)c1ccc(CNCN2CCNCC2)cc1. The molecule has 0 spiro atoms. The van der Waals surface area contributed by atoms with Crippen molar-refractivity contribution in [3.05, 3.63) is 35.4 Å². The van der Waals surface area contributed by atoms with Crippen LogP contribution in [0, 0.1) is 0 Å². The van der Waals surface area contributed by atoms with Gasteiger partial charge in [0.25, 0.3) is 0 Å². The smallest absolute Gasteiger partial charge is 0.0484 e. The van der Waals surface area contributed by atoms with Gasteiger partial charge in [-0.1, -0.05) is 45.0 Å². The molecule has 0 radical (unpaired) electrons. The minimum absolute atomic E-state index is 0.243. The van der Waals surface area contributed by atoms with Crippen molar-refractivity contribution in [1.82, 2.24) is 15.5 Å². The van der Waals surface area contributed by atoms with Crippen molar-refractivity contribution >= 4 is 0 Å². The summed E-state index contributed by atoms with van der Waals surface area (Å²) in [5, 5.41) is 6.90. The van der Waals surface area contributed by atoms with Crippen LogP contribution < -0.4 is 10.6 Å². The van der Waals surface area contributed by atoms with Gasteiger partial charge in [-0.25, -0.2) is 0 Å². The minimum atomic E-state index is 0.243. The van der Waals surface area contributed by atoms with Crippen LogP contribution >= 0.6 is 0 Å². The van der Waals surface area contributed by atoms with Gasteiger partial charge in [-0.3, -0.25) is 4.90 Å². The van der Waals surface area contributed by atoms with Gasteiger partial charge in [0.15, 0.2) is 0 Å². The zero-order valence-electron chi connectivity index (χ0n) is 12.5. The van der Waals surface area contributed by atoms with Crippen molar-refractivity contribution in [2.24, 2.45) is 0 Å². The molecule has 0 bridgehead atoms. The first kappa shape index (κ1) is 14.5. The normalized spacial score (nSPS) is 17.6. The summed E-state index contributed by atoms with van der Waals surface area (Å²) < 4.78 is 0. The maximum absolute atomic E-state index is 3.53. The average molecular weight is 261 g/mol. The fourth-order valence-electron chi connectivity index (χ4n) is 2.35. The predicted molar refractivity (Wildman–Crippen MR) is 81.3 cm³/mol. The molecule has 1 heterocycles. The molecule has 0 amide bonds. The predicted octanol–water partition coefficient (Wildman–Crippen LogP) is 1.94. The molecule has 0 aromatic heterocycles. The van der Waals surface area contributed by atoms with E-state index in [9.17, 15) is 0 Å². The van der Waals surface area contributed by atoms with Crippen LogP contribution in [0.2, 0.25) is 0 Å². The van der Waals surface area contributed by atoms with Crippen LogP contribution in [0.25, 0.3) is 0 Å². The van der Waals surface area contributed by atoms with Gasteiger partial charge in [0.05, 0.1) is 0 Å². The lowest BCUT2D eigenvalue weighted by atomic mass is 9.87. The Kier molecular flexibility index (Phi) is 4.97. The van der Waals surface area contributed by atoms with E-state index in [0.29, 0.717) is 0 Å². The summed E-state index contributed by atoms with van der Waals surface area (Å²) in [6.45, 7) is 13.2. The van der Waals surface area contributed by atoms with Gasteiger partial charge in [-0.05, 0) is 16.5 Å². The van der Waals surface area contributed by atoms with Crippen LogP contribution in [0.1, 0.15) is 31.9 Å². The Balaban J connectivity index is 1.76. The Labute approximate surface area is 117 Å². The highest BCUT2D eigenvalue weighted by Gasteiger charge is 2.13. The monoisotopic (exact) mass is 261 g/mol. The fraction of sp³-hybridized carbons (Fsp3) is 0.625. The quantitative estimate of drug-likeness (QED) is 0.867. The van der Waals surface area contributed by atoms with Crippen molar-refractivity contribution < 1.29 is 0 Å². The average Bonchev–Trinajstić information content (AvgIpc) is 2.39. The molecule has 0 aliphatic carbocycles. The second-order valence-electron chi connectivity index (χ2n) is 6.40. The summed E-state index contributed by atoms with van der Waals surface area (Å²) >= 11 is 0. The van der Waals surface area contributed by atoms with Gasteiger partial charge in [0, 0.05) is 39.4 Å². The molecule has 1 aromatic rings. The number of rotatable bonds is 4. The van der Waals surface area contributed by atoms with E-state index < -0.39 is 0 Å². The van der Waals surface area contributed by atoms with Crippen LogP contribution in [-0.4, -0.2) is 37.7 Å². The Morgan fingerprint density at radius 3 is 2.32 bits per heavy atom. The van der Waals surface area contributed by atoms with E-state index in [-0.39, 0.29) is 5.41 Å². The third-order valence-electron chi connectivity index (χ3n) is 3.69. The highest BCUT2D eigenvalue weighted by Crippen LogP contribution is 2.22. The first-order valence-electron chi connectivity index (χ1n) is 7.29. The lowest BCUT2D eigenvalue weighted by Crippen LogP contribution is -2.46. The van der Waals surface area contributed by atoms with Crippen LogP contribution in [0.5, 0.6) is 0 Å². The number of benzene rings is 1. The number of nitrogens with one attached hydrogen (secondary N) is 2. The van der Waals surface area contributed by atoms with Crippen molar-refractivity contribution in [1.29, 1.82) is 0 Å². The maximum atomic E-state index is 3.53. The van der Waals surface area contributed by atoms with Crippen molar-refractivity contribution in [2.45, 2.75) is 32.7 Å². The summed E-state index contributed by atoms with van der Waals surface area (Å²) in [4.78, 5) is 2.46. The molecule has 19 heavy (non-hydrogen) atoms. The number of piperazine rings is 1. The van der Waals surface area contributed by atoms with Gasteiger partial charge in [-0.15, -0.1) is 0 Å². The van der Waals surface area contributed by atoms with Gasteiger partial charge in [0.2, 0.25) is 0 Å². The molecule has 1 aliphatic heterocycles. The second kappa shape index (κ2) is 6.51. The standard InChI is InChI=1S/C16H27N3/c1-16(2,3)15-6-4-14(5-7-15)12-18-13-19-10-8-17-9-11-19/h4-7,17-18H,8-13H2,1-3H3. The Bertz CT molecular complexity index is 372. The topological polar surface area (TPSA) is 27.3 Å². The summed E-state index contributed by atoms with van der Waals surface area (Å²) in [5.74, 6) is 0. The molecule has 2 rings (SSSR count). The largest absolute Gasteiger partial charge is 0.314 e. The fourth-order valence-corrected chi connectivity index (χ4v) is 2.35. The highest BCUT2D eigenvalue weighted by atomic mass is 15.2. The molecular weight excluding hydrogens is 234 g/mol. The number of hydrogen-bond acceptors (Lipinski definition) is 3. The van der Waals surface area contributed by atoms with E-state index in [1.165, 1.54) is 11.1 Å². The number of nitrogens with zero attached hydrogens (tertiary/aromatic N) is 1. The second-order valence-corrected chi connectivity index (χ2v) is 6.40. The van der Waals surface area contributed by atoms with Crippen molar-refractivity contribution in [2.75, 3.05) is 32.8 Å².